The fourth-order valence-electron chi connectivity index (χ4n) is 2.13. The Hall–Kier alpha value is -0.870. The monoisotopic (exact) mass is 311 g/mol. The second-order valence-corrected chi connectivity index (χ2v) is 6.00. The van der Waals surface area contributed by atoms with Gasteiger partial charge >= 0.3 is 0 Å². The quantitative estimate of drug-likeness (QED) is 0.911. The van der Waals surface area contributed by atoms with Gasteiger partial charge in [-0.2, -0.15) is 0 Å². The standard InChI is InChI=1S/C14H18BrNO2/c1-10-3-4-11(15)9-12(10)13(17)16-14(2)5-7-18-8-6-14/h3-4,9H,5-8H2,1-2H3,(H,16,17). The van der Waals surface area contributed by atoms with Gasteiger partial charge in [-0.3, -0.25) is 4.79 Å². The van der Waals surface area contributed by atoms with Gasteiger partial charge in [0, 0.05) is 28.8 Å². The average Bonchev–Trinajstić information content (AvgIpc) is 2.32. The number of halogens is 1. The summed E-state index contributed by atoms with van der Waals surface area (Å²) in [5.41, 5.74) is 1.58. The van der Waals surface area contributed by atoms with Crippen molar-refractivity contribution in [3.05, 3.63) is 33.8 Å². The van der Waals surface area contributed by atoms with E-state index >= 15 is 0 Å². The molecule has 0 radical (unpaired) electrons. The summed E-state index contributed by atoms with van der Waals surface area (Å²) >= 11 is 3.40. The molecule has 1 heterocycles. The first-order chi connectivity index (χ1) is 8.50. The number of hydrogen-bond donors (Lipinski definition) is 1. The van der Waals surface area contributed by atoms with Crippen molar-refractivity contribution in [1.82, 2.24) is 5.32 Å². The first-order valence-electron chi connectivity index (χ1n) is 6.17. The Bertz CT molecular complexity index is 453. The summed E-state index contributed by atoms with van der Waals surface area (Å²) in [6.07, 6.45) is 1.73. The van der Waals surface area contributed by atoms with E-state index in [0.717, 1.165) is 28.4 Å². The van der Waals surface area contributed by atoms with Crippen molar-refractivity contribution in [1.29, 1.82) is 0 Å². The predicted molar refractivity (Wildman–Crippen MR) is 74.8 cm³/mol. The Morgan fingerprint density at radius 1 is 1.39 bits per heavy atom. The van der Waals surface area contributed by atoms with Crippen molar-refractivity contribution >= 4 is 21.8 Å². The molecular weight excluding hydrogens is 294 g/mol. The first kappa shape index (κ1) is 13.6. The molecule has 0 unspecified atom stereocenters. The molecule has 1 aromatic rings. The van der Waals surface area contributed by atoms with Gasteiger partial charge in [-0.25, -0.2) is 0 Å². The van der Waals surface area contributed by atoms with E-state index in [-0.39, 0.29) is 11.4 Å². The fraction of sp³-hybridized carbons (Fsp3) is 0.500. The molecule has 98 valence electrons. The zero-order chi connectivity index (χ0) is 13.2. The van der Waals surface area contributed by atoms with Crippen molar-refractivity contribution in [3.8, 4) is 0 Å². The van der Waals surface area contributed by atoms with Crippen LogP contribution >= 0.6 is 15.9 Å². The van der Waals surface area contributed by atoms with E-state index < -0.39 is 0 Å². The molecule has 0 saturated carbocycles. The number of amides is 1. The van der Waals surface area contributed by atoms with Gasteiger partial charge in [0.1, 0.15) is 0 Å². The lowest BCUT2D eigenvalue weighted by Crippen LogP contribution is -2.49. The third-order valence-electron chi connectivity index (χ3n) is 3.46. The average molecular weight is 312 g/mol. The van der Waals surface area contributed by atoms with Crippen LogP contribution in [0, 0.1) is 6.92 Å². The van der Waals surface area contributed by atoms with E-state index in [0.29, 0.717) is 13.2 Å². The van der Waals surface area contributed by atoms with E-state index in [1.807, 2.05) is 25.1 Å². The molecule has 1 aliphatic rings. The Morgan fingerprint density at radius 2 is 2.06 bits per heavy atom. The highest BCUT2D eigenvalue weighted by molar-refractivity contribution is 9.10. The number of nitrogens with one attached hydrogen (secondary N) is 1. The number of carbonyl (C=O) groups excluding carboxylic acids is 1. The minimum absolute atomic E-state index is 0.00167. The second-order valence-electron chi connectivity index (χ2n) is 5.09. The summed E-state index contributed by atoms with van der Waals surface area (Å²) in [7, 11) is 0. The Kier molecular flexibility index (Phi) is 4.07. The van der Waals surface area contributed by atoms with Crippen LogP contribution in [0.3, 0.4) is 0 Å². The molecule has 0 atom stereocenters. The van der Waals surface area contributed by atoms with Crippen LogP contribution in [0.5, 0.6) is 0 Å². The number of aryl methyl sites for hydroxylation is 1. The molecule has 0 aliphatic carbocycles. The minimum atomic E-state index is -0.149. The molecule has 18 heavy (non-hydrogen) atoms. The number of benzene rings is 1. The zero-order valence-corrected chi connectivity index (χ0v) is 12.3. The molecule has 2 rings (SSSR count). The molecule has 0 bridgehead atoms. The van der Waals surface area contributed by atoms with Gasteiger partial charge in [-0.15, -0.1) is 0 Å². The summed E-state index contributed by atoms with van der Waals surface area (Å²) in [4.78, 5) is 12.3. The van der Waals surface area contributed by atoms with E-state index in [4.69, 9.17) is 4.74 Å². The molecule has 1 aliphatic heterocycles. The molecular formula is C14H18BrNO2. The highest BCUT2D eigenvalue weighted by atomic mass is 79.9. The van der Waals surface area contributed by atoms with E-state index in [9.17, 15) is 4.79 Å². The van der Waals surface area contributed by atoms with Gasteiger partial charge in [-0.1, -0.05) is 22.0 Å². The van der Waals surface area contributed by atoms with E-state index in [1.54, 1.807) is 0 Å². The largest absolute Gasteiger partial charge is 0.381 e. The summed E-state index contributed by atoms with van der Waals surface area (Å²) in [6.45, 7) is 5.47. The fourth-order valence-corrected chi connectivity index (χ4v) is 2.49. The van der Waals surface area contributed by atoms with Crippen molar-refractivity contribution in [2.24, 2.45) is 0 Å². The molecule has 0 spiro atoms. The molecule has 4 heteroatoms. The van der Waals surface area contributed by atoms with Gasteiger partial charge in [0.05, 0.1) is 0 Å². The normalized spacial score (nSPS) is 18.4. The molecule has 1 fully saturated rings. The maximum absolute atomic E-state index is 12.3. The van der Waals surface area contributed by atoms with Gasteiger partial charge < -0.3 is 10.1 Å². The summed E-state index contributed by atoms with van der Waals surface area (Å²) in [5, 5.41) is 3.14. The molecule has 1 N–H and O–H groups in total. The highest BCUT2D eigenvalue weighted by Gasteiger charge is 2.29. The smallest absolute Gasteiger partial charge is 0.252 e. The van der Waals surface area contributed by atoms with Crippen LogP contribution in [0.25, 0.3) is 0 Å². The van der Waals surface area contributed by atoms with Gasteiger partial charge in [0.2, 0.25) is 0 Å². The lowest BCUT2D eigenvalue weighted by Gasteiger charge is -2.34. The number of ether oxygens (including phenoxy) is 1. The van der Waals surface area contributed by atoms with Crippen LogP contribution in [0.4, 0.5) is 0 Å². The third-order valence-corrected chi connectivity index (χ3v) is 3.95. The van der Waals surface area contributed by atoms with Crippen molar-refractivity contribution in [2.75, 3.05) is 13.2 Å². The Labute approximate surface area is 116 Å². The summed E-state index contributed by atoms with van der Waals surface area (Å²) in [6, 6.07) is 5.76. The zero-order valence-electron chi connectivity index (χ0n) is 10.8. The van der Waals surface area contributed by atoms with Gasteiger partial charge in [0.15, 0.2) is 0 Å². The molecule has 1 amide bonds. The maximum atomic E-state index is 12.3. The van der Waals surface area contributed by atoms with Crippen LogP contribution in [0.2, 0.25) is 0 Å². The summed E-state index contributed by atoms with van der Waals surface area (Å²) in [5.74, 6) is -0.00167. The minimum Gasteiger partial charge on any atom is -0.381 e. The van der Waals surface area contributed by atoms with Crippen molar-refractivity contribution in [3.63, 3.8) is 0 Å². The lowest BCUT2D eigenvalue weighted by molar-refractivity contribution is 0.0422. The Morgan fingerprint density at radius 3 is 2.72 bits per heavy atom. The SMILES string of the molecule is Cc1ccc(Br)cc1C(=O)NC1(C)CCOCC1. The topological polar surface area (TPSA) is 38.3 Å². The molecule has 1 aromatic carbocycles. The van der Waals surface area contributed by atoms with Gasteiger partial charge in [0.25, 0.3) is 5.91 Å². The van der Waals surface area contributed by atoms with Crippen LogP contribution in [-0.2, 0) is 4.74 Å². The Balaban J connectivity index is 2.14. The van der Waals surface area contributed by atoms with Crippen LogP contribution in [0.1, 0.15) is 35.7 Å². The van der Waals surface area contributed by atoms with Crippen molar-refractivity contribution in [2.45, 2.75) is 32.2 Å². The van der Waals surface area contributed by atoms with Gasteiger partial charge in [-0.05, 0) is 44.4 Å². The number of carbonyl (C=O) groups is 1. The highest BCUT2D eigenvalue weighted by Crippen LogP contribution is 2.22. The van der Waals surface area contributed by atoms with E-state index in [2.05, 4.69) is 28.2 Å². The molecule has 0 aromatic heterocycles. The molecule has 1 saturated heterocycles. The van der Waals surface area contributed by atoms with Crippen molar-refractivity contribution < 1.29 is 9.53 Å². The molecule has 3 nitrogen and oxygen atoms in total. The van der Waals surface area contributed by atoms with Crippen LogP contribution in [0.15, 0.2) is 22.7 Å². The maximum Gasteiger partial charge on any atom is 0.252 e. The van der Waals surface area contributed by atoms with Crippen LogP contribution in [-0.4, -0.2) is 24.7 Å². The number of hydrogen-bond acceptors (Lipinski definition) is 2. The summed E-state index contributed by atoms with van der Waals surface area (Å²) < 4.78 is 6.26. The predicted octanol–water partition coefficient (Wildman–Crippen LogP) is 3.06. The lowest BCUT2D eigenvalue weighted by atomic mass is 9.92. The third kappa shape index (κ3) is 3.12. The number of rotatable bonds is 2. The van der Waals surface area contributed by atoms with Crippen LogP contribution < -0.4 is 5.32 Å². The van der Waals surface area contributed by atoms with E-state index in [1.165, 1.54) is 0 Å². The second kappa shape index (κ2) is 5.41. The first-order valence-corrected chi connectivity index (χ1v) is 6.96.